The van der Waals surface area contributed by atoms with Crippen molar-refractivity contribution in [2.45, 2.75) is 6.61 Å². The highest BCUT2D eigenvalue weighted by molar-refractivity contribution is 6.68. The van der Waals surface area contributed by atoms with Gasteiger partial charge in [0, 0.05) is 0 Å². The molecule has 2 aromatic carbocycles. The van der Waals surface area contributed by atoms with E-state index < -0.39 is 5.24 Å². The van der Waals surface area contributed by atoms with Crippen molar-refractivity contribution < 1.29 is 19.0 Å². The first-order valence-electron chi connectivity index (χ1n) is 7.15. The predicted octanol–water partition coefficient (Wildman–Crippen LogP) is 3.54. The maximum absolute atomic E-state index is 11.6. The molecule has 1 N–H and O–H groups in total. The molecule has 0 bridgehead atoms. The van der Waals surface area contributed by atoms with Crippen LogP contribution in [0.2, 0.25) is 0 Å². The highest BCUT2D eigenvalue weighted by atomic mass is 35.5. The summed E-state index contributed by atoms with van der Waals surface area (Å²) in [5, 5.41) is -0.577. The summed E-state index contributed by atoms with van der Waals surface area (Å²) in [4.78, 5) is 19.1. The molecule has 0 saturated carbocycles. The maximum Gasteiger partial charge on any atom is 0.254 e. The first kappa shape index (κ1) is 16.1. The summed E-state index contributed by atoms with van der Waals surface area (Å²) in [6, 6.07) is 10.6. The normalized spacial score (nSPS) is 10.6. The lowest BCUT2D eigenvalue weighted by Crippen LogP contribution is -1.99. The SMILES string of the molecule is COc1ccccc1OCc1nc2c(C(=O)Cl)ccc(OC)c2[nH]1. The summed E-state index contributed by atoms with van der Waals surface area (Å²) < 4.78 is 16.3. The number of aromatic amines is 1. The van der Waals surface area contributed by atoms with Gasteiger partial charge in [-0.25, -0.2) is 4.98 Å². The Hall–Kier alpha value is -2.73. The number of ether oxygens (including phenoxy) is 3. The van der Waals surface area contributed by atoms with Crippen LogP contribution < -0.4 is 14.2 Å². The molecule has 0 fully saturated rings. The molecule has 1 aromatic heterocycles. The van der Waals surface area contributed by atoms with Crippen LogP contribution in [0.5, 0.6) is 17.2 Å². The summed E-state index contributed by atoms with van der Waals surface area (Å²) in [6.07, 6.45) is 0. The summed E-state index contributed by atoms with van der Waals surface area (Å²) in [6.45, 7) is 0.175. The van der Waals surface area contributed by atoms with E-state index in [0.29, 0.717) is 39.7 Å². The first-order valence-corrected chi connectivity index (χ1v) is 7.53. The third-order valence-corrected chi connectivity index (χ3v) is 3.72. The molecule has 0 aliphatic heterocycles. The van der Waals surface area contributed by atoms with E-state index in [1.54, 1.807) is 38.5 Å². The number of imidazole rings is 1. The van der Waals surface area contributed by atoms with E-state index in [2.05, 4.69) is 9.97 Å². The molecule has 0 atom stereocenters. The fraction of sp³-hybridized carbons (Fsp3) is 0.176. The van der Waals surface area contributed by atoms with Crippen molar-refractivity contribution >= 4 is 27.9 Å². The molecule has 0 aliphatic carbocycles. The molecule has 0 amide bonds. The van der Waals surface area contributed by atoms with Crippen LogP contribution in [-0.4, -0.2) is 29.4 Å². The number of benzene rings is 2. The largest absolute Gasteiger partial charge is 0.494 e. The molecule has 6 nitrogen and oxygen atoms in total. The van der Waals surface area contributed by atoms with E-state index in [4.69, 9.17) is 25.8 Å². The number of nitrogens with zero attached hydrogens (tertiary/aromatic N) is 1. The first-order chi connectivity index (χ1) is 11.6. The van der Waals surface area contributed by atoms with Crippen molar-refractivity contribution in [3.05, 3.63) is 47.8 Å². The second kappa shape index (κ2) is 6.80. The number of rotatable bonds is 6. The van der Waals surface area contributed by atoms with Gasteiger partial charge in [-0.3, -0.25) is 4.79 Å². The highest BCUT2D eigenvalue weighted by Crippen LogP contribution is 2.29. The van der Waals surface area contributed by atoms with Crippen molar-refractivity contribution in [2.75, 3.05) is 14.2 Å². The highest BCUT2D eigenvalue weighted by Gasteiger charge is 2.16. The number of halogens is 1. The van der Waals surface area contributed by atoms with Gasteiger partial charge in [-0.1, -0.05) is 12.1 Å². The number of methoxy groups -OCH3 is 2. The van der Waals surface area contributed by atoms with Gasteiger partial charge >= 0.3 is 0 Å². The van der Waals surface area contributed by atoms with Crippen LogP contribution >= 0.6 is 11.6 Å². The predicted molar refractivity (Wildman–Crippen MR) is 90.2 cm³/mol. The Morgan fingerprint density at radius 1 is 1.08 bits per heavy atom. The smallest absolute Gasteiger partial charge is 0.254 e. The van der Waals surface area contributed by atoms with Crippen molar-refractivity contribution in [3.63, 3.8) is 0 Å². The van der Waals surface area contributed by atoms with Crippen LogP contribution in [0.3, 0.4) is 0 Å². The van der Waals surface area contributed by atoms with Crippen molar-refractivity contribution in [1.29, 1.82) is 0 Å². The van der Waals surface area contributed by atoms with Gasteiger partial charge in [0.2, 0.25) is 0 Å². The topological polar surface area (TPSA) is 73.4 Å². The lowest BCUT2D eigenvalue weighted by molar-refractivity contribution is 0.108. The van der Waals surface area contributed by atoms with Crippen molar-refractivity contribution in [1.82, 2.24) is 9.97 Å². The number of hydrogen-bond acceptors (Lipinski definition) is 5. The van der Waals surface area contributed by atoms with Gasteiger partial charge < -0.3 is 19.2 Å². The Labute approximate surface area is 143 Å². The average molecular weight is 347 g/mol. The van der Waals surface area contributed by atoms with E-state index in [1.807, 2.05) is 12.1 Å². The number of para-hydroxylation sites is 2. The molecule has 0 spiro atoms. The van der Waals surface area contributed by atoms with Gasteiger partial charge in [-0.15, -0.1) is 0 Å². The Kier molecular flexibility index (Phi) is 4.57. The number of H-pyrrole nitrogens is 1. The Balaban J connectivity index is 1.93. The molecule has 1 heterocycles. The summed E-state index contributed by atoms with van der Waals surface area (Å²) in [5.41, 5.74) is 1.36. The quantitative estimate of drug-likeness (QED) is 0.691. The molecule has 7 heteroatoms. The van der Waals surface area contributed by atoms with Gasteiger partial charge in [0.1, 0.15) is 29.2 Å². The van der Waals surface area contributed by atoms with E-state index in [0.717, 1.165) is 0 Å². The molecule has 124 valence electrons. The Morgan fingerprint density at radius 2 is 1.79 bits per heavy atom. The van der Waals surface area contributed by atoms with Crippen LogP contribution in [0.1, 0.15) is 16.2 Å². The zero-order valence-electron chi connectivity index (χ0n) is 13.1. The third kappa shape index (κ3) is 3.00. The van der Waals surface area contributed by atoms with Gasteiger partial charge in [0.15, 0.2) is 11.5 Å². The van der Waals surface area contributed by atoms with E-state index in [1.165, 1.54) is 0 Å². The summed E-state index contributed by atoms with van der Waals surface area (Å²) >= 11 is 5.62. The zero-order valence-corrected chi connectivity index (χ0v) is 13.9. The molecular weight excluding hydrogens is 332 g/mol. The molecular formula is C17H15ClN2O4. The Bertz CT molecular complexity index is 891. The number of carbonyl (C=O) groups excluding carboxylic acids is 1. The average Bonchev–Trinajstić information content (AvgIpc) is 3.03. The van der Waals surface area contributed by atoms with Crippen LogP contribution in [0.25, 0.3) is 11.0 Å². The fourth-order valence-corrected chi connectivity index (χ4v) is 2.55. The number of aromatic nitrogens is 2. The maximum atomic E-state index is 11.6. The minimum absolute atomic E-state index is 0.175. The fourth-order valence-electron chi connectivity index (χ4n) is 2.40. The van der Waals surface area contributed by atoms with Crippen molar-refractivity contribution in [3.8, 4) is 17.2 Å². The molecule has 3 rings (SSSR count). The van der Waals surface area contributed by atoms with Crippen molar-refractivity contribution in [2.24, 2.45) is 0 Å². The summed E-state index contributed by atoms with van der Waals surface area (Å²) in [5.74, 6) is 2.34. The summed E-state index contributed by atoms with van der Waals surface area (Å²) in [7, 11) is 3.12. The Morgan fingerprint density at radius 3 is 2.46 bits per heavy atom. The zero-order chi connectivity index (χ0) is 17.1. The number of hydrogen-bond donors (Lipinski definition) is 1. The molecule has 3 aromatic rings. The van der Waals surface area contributed by atoms with Crippen LogP contribution in [-0.2, 0) is 6.61 Å². The van der Waals surface area contributed by atoms with E-state index in [9.17, 15) is 4.79 Å². The van der Waals surface area contributed by atoms with Gasteiger partial charge in [-0.05, 0) is 35.9 Å². The second-order valence-corrected chi connectivity index (χ2v) is 5.28. The number of fused-ring (bicyclic) bond motifs is 1. The standard InChI is InChI=1S/C17H15ClN2O4/c1-22-11-5-3-4-6-12(11)24-9-14-19-15-10(17(18)21)7-8-13(23-2)16(15)20-14/h3-8H,9H2,1-2H3,(H,19,20). The lowest BCUT2D eigenvalue weighted by atomic mass is 10.2. The van der Waals surface area contributed by atoms with E-state index >= 15 is 0 Å². The molecule has 24 heavy (non-hydrogen) atoms. The minimum atomic E-state index is -0.577. The van der Waals surface area contributed by atoms with E-state index in [-0.39, 0.29) is 6.61 Å². The lowest BCUT2D eigenvalue weighted by Gasteiger charge is -2.08. The monoisotopic (exact) mass is 346 g/mol. The molecule has 0 unspecified atom stereocenters. The minimum Gasteiger partial charge on any atom is -0.494 e. The van der Waals surface area contributed by atoms with Gasteiger partial charge in [-0.2, -0.15) is 0 Å². The van der Waals surface area contributed by atoms with Crippen LogP contribution in [0.4, 0.5) is 0 Å². The molecule has 0 aliphatic rings. The molecule has 0 saturated heterocycles. The molecule has 0 radical (unpaired) electrons. The third-order valence-electron chi connectivity index (χ3n) is 3.52. The van der Waals surface area contributed by atoms with Crippen LogP contribution in [0, 0.1) is 0 Å². The van der Waals surface area contributed by atoms with Crippen LogP contribution in [0.15, 0.2) is 36.4 Å². The number of nitrogens with one attached hydrogen (secondary N) is 1. The van der Waals surface area contributed by atoms with Gasteiger partial charge in [0.05, 0.1) is 19.8 Å². The van der Waals surface area contributed by atoms with Gasteiger partial charge in [0.25, 0.3) is 5.24 Å². The second-order valence-electron chi connectivity index (χ2n) is 4.94. The number of carbonyl (C=O) groups is 1.